The van der Waals surface area contributed by atoms with E-state index < -0.39 is 14.8 Å². The summed E-state index contributed by atoms with van der Waals surface area (Å²) in [6, 6.07) is 11.6. The molecule has 122 valence electrons. The molecular formula is C17H19NO4S. The molecule has 0 atom stereocenters. The summed E-state index contributed by atoms with van der Waals surface area (Å²) in [4.78, 5) is 10.8. The zero-order valence-electron chi connectivity index (χ0n) is 13.2. The summed E-state index contributed by atoms with van der Waals surface area (Å²) in [5.74, 6) is 0. The third-order valence-corrected chi connectivity index (χ3v) is 4.81. The number of benzene rings is 2. The first-order valence-corrected chi connectivity index (χ1v) is 9.30. The van der Waals surface area contributed by atoms with E-state index in [0.717, 1.165) is 42.7 Å². The van der Waals surface area contributed by atoms with Gasteiger partial charge in [0.2, 0.25) is 0 Å². The lowest BCUT2D eigenvalue weighted by molar-refractivity contribution is -0.384. The molecule has 5 nitrogen and oxygen atoms in total. The second-order valence-electron chi connectivity index (χ2n) is 5.47. The molecule has 23 heavy (non-hydrogen) atoms. The van der Waals surface area contributed by atoms with Gasteiger partial charge in [0.05, 0.1) is 15.4 Å². The maximum absolute atomic E-state index is 11.6. The zero-order valence-corrected chi connectivity index (χ0v) is 14.0. The van der Waals surface area contributed by atoms with E-state index in [4.69, 9.17) is 0 Å². The van der Waals surface area contributed by atoms with Crippen LogP contribution in [0.5, 0.6) is 0 Å². The maximum Gasteiger partial charge on any atom is 0.278 e. The highest BCUT2D eigenvalue weighted by atomic mass is 32.2. The molecule has 0 amide bonds. The number of hydrogen-bond acceptors (Lipinski definition) is 4. The van der Waals surface area contributed by atoms with Gasteiger partial charge in [-0.3, -0.25) is 10.1 Å². The Morgan fingerprint density at radius 1 is 1.09 bits per heavy atom. The first kappa shape index (κ1) is 17.1. The molecule has 0 aliphatic carbocycles. The number of nitro groups is 1. The van der Waals surface area contributed by atoms with Crippen molar-refractivity contribution in [1.29, 1.82) is 0 Å². The van der Waals surface area contributed by atoms with E-state index in [2.05, 4.69) is 6.92 Å². The van der Waals surface area contributed by atoms with Gasteiger partial charge in [-0.1, -0.05) is 37.6 Å². The molecule has 0 spiro atoms. The van der Waals surface area contributed by atoms with Crippen LogP contribution >= 0.6 is 0 Å². The molecule has 0 unspecified atom stereocenters. The topological polar surface area (TPSA) is 77.3 Å². The van der Waals surface area contributed by atoms with Gasteiger partial charge >= 0.3 is 0 Å². The standard InChI is InChI=1S/C17H19NO4S/c1-3-4-7-13-8-5-6-9-15(13)16-11-10-14(23(2,21)22)12-17(16)18(19)20/h5-6,8-12H,3-4,7H2,1-2H3. The Labute approximate surface area is 136 Å². The third kappa shape index (κ3) is 3.96. The molecule has 0 aliphatic heterocycles. The summed E-state index contributed by atoms with van der Waals surface area (Å²) in [5, 5.41) is 11.4. The number of hydrogen-bond donors (Lipinski definition) is 0. The molecule has 0 aliphatic rings. The molecule has 2 rings (SSSR count). The van der Waals surface area contributed by atoms with Gasteiger partial charge in [0, 0.05) is 12.3 Å². The van der Waals surface area contributed by atoms with Crippen LogP contribution in [0.1, 0.15) is 25.3 Å². The van der Waals surface area contributed by atoms with E-state index >= 15 is 0 Å². The molecule has 0 saturated heterocycles. The number of nitro benzene ring substituents is 1. The minimum atomic E-state index is -3.49. The molecule has 2 aromatic carbocycles. The SMILES string of the molecule is CCCCc1ccccc1-c1ccc(S(C)(=O)=O)cc1[N+](=O)[O-]. The minimum Gasteiger partial charge on any atom is -0.258 e. The summed E-state index contributed by atoms with van der Waals surface area (Å²) < 4.78 is 23.3. The van der Waals surface area contributed by atoms with Crippen molar-refractivity contribution in [3.63, 3.8) is 0 Å². The van der Waals surface area contributed by atoms with Crippen molar-refractivity contribution in [2.75, 3.05) is 6.26 Å². The molecule has 0 fully saturated rings. The Hall–Kier alpha value is -2.21. The smallest absolute Gasteiger partial charge is 0.258 e. The fraction of sp³-hybridized carbons (Fsp3) is 0.294. The fourth-order valence-corrected chi connectivity index (χ4v) is 3.13. The lowest BCUT2D eigenvalue weighted by Crippen LogP contribution is -2.01. The number of aryl methyl sites for hydroxylation is 1. The van der Waals surface area contributed by atoms with Crippen molar-refractivity contribution in [1.82, 2.24) is 0 Å². The van der Waals surface area contributed by atoms with Crippen LogP contribution in [0.25, 0.3) is 11.1 Å². The van der Waals surface area contributed by atoms with Crippen molar-refractivity contribution in [2.45, 2.75) is 31.1 Å². The summed E-state index contributed by atoms with van der Waals surface area (Å²) >= 11 is 0. The normalized spacial score (nSPS) is 11.4. The Morgan fingerprint density at radius 2 is 1.78 bits per heavy atom. The molecular weight excluding hydrogens is 314 g/mol. The number of nitrogens with zero attached hydrogens (tertiary/aromatic N) is 1. The Bertz CT molecular complexity index is 828. The van der Waals surface area contributed by atoms with Crippen LogP contribution in [0.3, 0.4) is 0 Å². The molecule has 0 heterocycles. The molecule has 0 aromatic heterocycles. The van der Waals surface area contributed by atoms with Crippen LogP contribution in [0, 0.1) is 10.1 Å². The van der Waals surface area contributed by atoms with E-state index in [9.17, 15) is 18.5 Å². The first-order chi connectivity index (χ1) is 10.8. The molecule has 0 N–H and O–H groups in total. The highest BCUT2D eigenvalue weighted by Gasteiger charge is 2.21. The minimum absolute atomic E-state index is 0.0426. The van der Waals surface area contributed by atoms with E-state index in [1.54, 1.807) is 0 Å². The predicted octanol–water partition coefficient (Wildman–Crippen LogP) is 4.01. The molecule has 2 aromatic rings. The van der Waals surface area contributed by atoms with Crippen LogP contribution in [-0.4, -0.2) is 19.6 Å². The van der Waals surface area contributed by atoms with Gasteiger partial charge in [0.1, 0.15) is 0 Å². The van der Waals surface area contributed by atoms with Crippen molar-refractivity contribution in [3.05, 3.63) is 58.1 Å². The highest BCUT2D eigenvalue weighted by molar-refractivity contribution is 7.90. The van der Waals surface area contributed by atoms with Crippen molar-refractivity contribution < 1.29 is 13.3 Å². The van der Waals surface area contributed by atoms with Gasteiger partial charge in [-0.2, -0.15) is 0 Å². The average molecular weight is 333 g/mol. The lowest BCUT2D eigenvalue weighted by atomic mass is 9.95. The Morgan fingerprint density at radius 3 is 2.39 bits per heavy atom. The van der Waals surface area contributed by atoms with E-state index in [1.807, 2.05) is 24.3 Å². The van der Waals surface area contributed by atoms with Crippen LogP contribution in [0.15, 0.2) is 47.4 Å². The van der Waals surface area contributed by atoms with Gasteiger partial charge in [0.15, 0.2) is 9.84 Å². The second kappa shape index (κ2) is 6.91. The summed E-state index contributed by atoms with van der Waals surface area (Å²) in [6.07, 6.45) is 3.90. The quantitative estimate of drug-likeness (QED) is 0.591. The zero-order chi connectivity index (χ0) is 17.0. The second-order valence-corrected chi connectivity index (χ2v) is 7.48. The van der Waals surface area contributed by atoms with Gasteiger partial charge in [-0.15, -0.1) is 0 Å². The fourth-order valence-electron chi connectivity index (χ4n) is 2.49. The predicted molar refractivity (Wildman–Crippen MR) is 90.3 cm³/mol. The van der Waals surface area contributed by atoms with E-state index in [-0.39, 0.29) is 10.6 Å². The van der Waals surface area contributed by atoms with Gasteiger partial charge in [-0.25, -0.2) is 8.42 Å². The van der Waals surface area contributed by atoms with Crippen LogP contribution in [-0.2, 0) is 16.3 Å². The Balaban J connectivity index is 2.62. The average Bonchev–Trinajstić information content (AvgIpc) is 2.51. The summed E-state index contributed by atoms with van der Waals surface area (Å²) in [6.45, 7) is 2.09. The van der Waals surface area contributed by atoms with Crippen LogP contribution < -0.4 is 0 Å². The van der Waals surface area contributed by atoms with Gasteiger partial charge in [0.25, 0.3) is 5.69 Å². The molecule has 0 bridgehead atoms. The largest absolute Gasteiger partial charge is 0.278 e. The molecule has 0 radical (unpaired) electrons. The monoisotopic (exact) mass is 333 g/mol. The maximum atomic E-state index is 11.6. The van der Waals surface area contributed by atoms with Gasteiger partial charge in [-0.05, 0) is 36.1 Å². The van der Waals surface area contributed by atoms with E-state index in [1.165, 1.54) is 12.1 Å². The number of unbranched alkanes of at least 4 members (excludes halogenated alkanes) is 1. The number of sulfone groups is 1. The number of rotatable bonds is 6. The van der Waals surface area contributed by atoms with Crippen LogP contribution in [0.2, 0.25) is 0 Å². The van der Waals surface area contributed by atoms with Crippen molar-refractivity contribution in [2.24, 2.45) is 0 Å². The first-order valence-electron chi connectivity index (χ1n) is 7.41. The van der Waals surface area contributed by atoms with Crippen LogP contribution in [0.4, 0.5) is 5.69 Å². The van der Waals surface area contributed by atoms with Gasteiger partial charge < -0.3 is 0 Å². The summed E-state index contributed by atoms with van der Waals surface area (Å²) in [7, 11) is -3.49. The van der Waals surface area contributed by atoms with Crippen molar-refractivity contribution >= 4 is 15.5 Å². The van der Waals surface area contributed by atoms with Crippen molar-refractivity contribution in [3.8, 4) is 11.1 Å². The summed E-state index contributed by atoms with van der Waals surface area (Å²) in [5.41, 5.74) is 2.09. The third-order valence-electron chi connectivity index (χ3n) is 3.70. The molecule has 0 saturated carbocycles. The van der Waals surface area contributed by atoms with E-state index in [0.29, 0.717) is 5.56 Å². The molecule has 6 heteroatoms. The Kier molecular flexibility index (Phi) is 5.15. The highest BCUT2D eigenvalue weighted by Crippen LogP contribution is 2.34. The lowest BCUT2D eigenvalue weighted by Gasteiger charge is -2.10.